The number of amides is 1. The maximum Gasteiger partial charge on any atom is 0.335 e. The van der Waals surface area contributed by atoms with Crippen LogP contribution in [-0.4, -0.2) is 29.0 Å². The molecule has 0 atom stereocenters. The summed E-state index contributed by atoms with van der Waals surface area (Å²) >= 11 is 0. The molecular weight excluding hydrogens is 423 g/mol. The number of aromatic nitrogens is 1. The van der Waals surface area contributed by atoms with Gasteiger partial charge in [0.15, 0.2) is 0 Å². The number of carboxylic acids is 1. The molecule has 0 saturated carbocycles. The monoisotopic (exact) mass is 444 g/mol. The van der Waals surface area contributed by atoms with E-state index in [1.54, 1.807) is 24.3 Å². The molecule has 166 valence electrons. The van der Waals surface area contributed by atoms with Crippen molar-refractivity contribution in [2.75, 3.05) is 7.05 Å². The Morgan fingerprint density at radius 1 is 1.09 bits per heavy atom. The summed E-state index contributed by atoms with van der Waals surface area (Å²) in [6.07, 6.45) is 1.89. The number of carbonyl (C=O) groups is 2. The molecule has 2 aromatic carbocycles. The lowest BCUT2D eigenvalue weighted by Gasteiger charge is -2.11. The lowest BCUT2D eigenvalue weighted by atomic mass is 9.96. The van der Waals surface area contributed by atoms with Crippen molar-refractivity contribution < 1.29 is 23.5 Å². The Labute approximate surface area is 189 Å². The van der Waals surface area contributed by atoms with Gasteiger partial charge >= 0.3 is 5.97 Å². The van der Waals surface area contributed by atoms with Gasteiger partial charge in [-0.2, -0.15) is 0 Å². The second kappa shape index (κ2) is 8.70. The van der Waals surface area contributed by atoms with Crippen molar-refractivity contribution >= 4 is 28.5 Å². The molecule has 0 unspecified atom stereocenters. The van der Waals surface area contributed by atoms with E-state index < -0.39 is 11.8 Å². The van der Waals surface area contributed by atoms with E-state index in [1.807, 2.05) is 19.9 Å². The fourth-order valence-corrected chi connectivity index (χ4v) is 3.66. The van der Waals surface area contributed by atoms with Crippen molar-refractivity contribution in [3.63, 3.8) is 0 Å². The van der Waals surface area contributed by atoms with Gasteiger partial charge in [0.1, 0.15) is 11.6 Å². The molecule has 0 aliphatic carbocycles. The molecule has 0 radical (unpaired) electrons. The average Bonchev–Trinajstić information content (AvgIpc) is 3.21. The largest absolute Gasteiger partial charge is 0.478 e. The molecule has 0 saturated heterocycles. The second-order valence-electron chi connectivity index (χ2n) is 7.49. The van der Waals surface area contributed by atoms with Gasteiger partial charge in [0.05, 0.1) is 22.2 Å². The van der Waals surface area contributed by atoms with Crippen LogP contribution in [0.1, 0.15) is 40.3 Å². The van der Waals surface area contributed by atoms with Gasteiger partial charge in [-0.1, -0.05) is 18.2 Å². The lowest BCUT2D eigenvalue weighted by molar-refractivity contribution is 0.0696. The predicted molar refractivity (Wildman–Crippen MR) is 125 cm³/mol. The second-order valence-corrected chi connectivity index (χ2v) is 7.49. The number of carboxylic acid groups (broad SMARTS) is 1. The zero-order chi connectivity index (χ0) is 23.7. The van der Waals surface area contributed by atoms with Crippen LogP contribution in [0.15, 0.2) is 65.1 Å². The summed E-state index contributed by atoms with van der Waals surface area (Å²) in [4.78, 5) is 29.1. The summed E-state index contributed by atoms with van der Waals surface area (Å²) in [5.41, 5.74) is 3.97. The van der Waals surface area contributed by atoms with Crippen LogP contribution in [-0.2, 0) is 0 Å². The molecule has 2 aromatic heterocycles. The van der Waals surface area contributed by atoms with Crippen LogP contribution < -0.4 is 5.32 Å². The molecule has 6 nitrogen and oxygen atoms in total. The summed E-state index contributed by atoms with van der Waals surface area (Å²) in [5, 5.41) is 12.5. The number of nitrogens with one attached hydrogen (secondary N) is 1. The first-order valence-corrected chi connectivity index (χ1v) is 10.3. The Kier molecular flexibility index (Phi) is 5.79. The minimum Gasteiger partial charge on any atom is -0.478 e. The minimum absolute atomic E-state index is 0.141. The van der Waals surface area contributed by atoms with E-state index >= 15 is 0 Å². The van der Waals surface area contributed by atoms with Gasteiger partial charge in [-0.3, -0.25) is 4.79 Å². The lowest BCUT2D eigenvalue weighted by Crippen LogP contribution is -2.18. The third-order valence-corrected chi connectivity index (χ3v) is 5.47. The number of carbonyl (C=O) groups excluding carboxylic acids is 1. The highest BCUT2D eigenvalue weighted by Crippen LogP contribution is 2.38. The summed E-state index contributed by atoms with van der Waals surface area (Å²) in [7, 11) is 1.51. The Morgan fingerprint density at radius 3 is 2.45 bits per heavy atom. The zero-order valence-electron chi connectivity index (χ0n) is 18.3. The maximum absolute atomic E-state index is 13.5. The summed E-state index contributed by atoms with van der Waals surface area (Å²) in [6, 6.07) is 14.0. The fourth-order valence-electron chi connectivity index (χ4n) is 3.66. The molecular formula is C26H21FN2O4. The van der Waals surface area contributed by atoms with Crippen LogP contribution in [0.4, 0.5) is 4.39 Å². The molecule has 0 fully saturated rings. The first-order chi connectivity index (χ1) is 15.8. The summed E-state index contributed by atoms with van der Waals surface area (Å²) < 4.78 is 19.5. The number of hydrogen-bond donors (Lipinski definition) is 2. The Bertz CT molecular complexity index is 1420. The number of halogens is 1. The van der Waals surface area contributed by atoms with E-state index in [2.05, 4.69) is 5.32 Å². The molecule has 1 amide bonds. The molecule has 0 aliphatic heterocycles. The summed E-state index contributed by atoms with van der Waals surface area (Å²) in [6.45, 7) is 3.77. The quantitative estimate of drug-likeness (QED) is 0.407. The van der Waals surface area contributed by atoms with Crippen molar-refractivity contribution in [1.29, 1.82) is 0 Å². The van der Waals surface area contributed by atoms with Crippen LogP contribution in [0.2, 0.25) is 0 Å². The number of hydrogen-bond acceptors (Lipinski definition) is 4. The van der Waals surface area contributed by atoms with E-state index in [4.69, 9.17) is 9.40 Å². The minimum atomic E-state index is -1.04. The number of fused-ring (bicyclic) bond motifs is 1. The van der Waals surface area contributed by atoms with E-state index in [9.17, 15) is 19.1 Å². The number of benzene rings is 2. The molecule has 4 rings (SSSR count). The average molecular weight is 444 g/mol. The molecule has 2 heterocycles. The molecule has 7 heteroatoms. The molecule has 0 aliphatic rings. The molecule has 2 N–H and O–H groups in total. The van der Waals surface area contributed by atoms with Gasteiger partial charge in [-0.25, -0.2) is 14.2 Å². The standard InChI is InChI=1S/C26H21FN2O4/c1-4-14(2)22-19(16-6-5-7-17(12-16)26(31)32)13-20-21(24(30)28-3)23(33-25(20)29-22)15-8-10-18(27)11-9-15/h4-13H,1-3H3,(H,28,30)(H,31,32)/b14-4-. The van der Waals surface area contributed by atoms with Crippen LogP contribution in [0.5, 0.6) is 0 Å². The Balaban J connectivity index is 2.06. The summed E-state index contributed by atoms with van der Waals surface area (Å²) in [5.74, 6) is -1.54. The molecule has 4 aromatic rings. The molecule has 0 bridgehead atoms. The van der Waals surface area contributed by atoms with Crippen LogP contribution in [0, 0.1) is 5.82 Å². The highest BCUT2D eigenvalue weighted by molar-refractivity contribution is 6.11. The number of nitrogens with zero attached hydrogens (tertiary/aromatic N) is 1. The van der Waals surface area contributed by atoms with E-state index in [-0.39, 0.29) is 28.5 Å². The van der Waals surface area contributed by atoms with Crippen molar-refractivity contribution in [2.45, 2.75) is 13.8 Å². The van der Waals surface area contributed by atoms with Gasteiger partial charge in [0, 0.05) is 18.2 Å². The molecule has 33 heavy (non-hydrogen) atoms. The van der Waals surface area contributed by atoms with Crippen molar-refractivity contribution in [3.05, 3.63) is 83.3 Å². The van der Waals surface area contributed by atoms with Gasteiger partial charge < -0.3 is 14.8 Å². The van der Waals surface area contributed by atoms with Crippen LogP contribution in [0.3, 0.4) is 0 Å². The number of pyridine rings is 1. The predicted octanol–water partition coefficient (Wildman–Crippen LogP) is 5.78. The van der Waals surface area contributed by atoms with Gasteiger partial charge in [-0.05, 0) is 67.4 Å². The topological polar surface area (TPSA) is 92.4 Å². The van der Waals surface area contributed by atoms with Gasteiger partial charge in [0.25, 0.3) is 5.91 Å². The number of allylic oxidation sites excluding steroid dienone is 2. The van der Waals surface area contributed by atoms with E-state index in [0.29, 0.717) is 27.8 Å². The first kappa shape index (κ1) is 22.0. The zero-order valence-corrected chi connectivity index (χ0v) is 18.3. The Morgan fingerprint density at radius 2 is 1.82 bits per heavy atom. The highest BCUT2D eigenvalue weighted by atomic mass is 19.1. The number of furan rings is 1. The smallest absolute Gasteiger partial charge is 0.335 e. The normalized spacial score (nSPS) is 11.6. The van der Waals surface area contributed by atoms with Gasteiger partial charge in [-0.15, -0.1) is 0 Å². The van der Waals surface area contributed by atoms with Crippen molar-refractivity contribution in [1.82, 2.24) is 10.3 Å². The maximum atomic E-state index is 13.5. The Hall–Kier alpha value is -4.26. The van der Waals surface area contributed by atoms with E-state index in [1.165, 1.54) is 37.4 Å². The SMILES string of the molecule is C/C=C(/C)c1nc2oc(-c3ccc(F)cc3)c(C(=O)NC)c2cc1-c1cccc(C(=O)O)c1. The van der Waals surface area contributed by atoms with E-state index in [0.717, 1.165) is 5.57 Å². The van der Waals surface area contributed by atoms with Gasteiger partial charge in [0.2, 0.25) is 5.71 Å². The molecule has 0 spiro atoms. The number of rotatable bonds is 5. The third kappa shape index (κ3) is 4.01. The first-order valence-electron chi connectivity index (χ1n) is 10.3. The highest BCUT2D eigenvalue weighted by Gasteiger charge is 2.25. The number of aromatic carboxylic acids is 1. The fraction of sp³-hybridized carbons (Fsp3) is 0.115. The third-order valence-electron chi connectivity index (χ3n) is 5.47. The van der Waals surface area contributed by atoms with Crippen LogP contribution in [0.25, 0.3) is 39.1 Å². The van der Waals surface area contributed by atoms with Crippen LogP contribution >= 0.6 is 0 Å². The van der Waals surface area contributed by atoms with Crippen molar-refractivity contribution in [3.8, 4) is 22.5 Å². The van der Waals surface area contributed by atoms with Crippen molar-refractivity contribution in [2.24, 2.45) is 0 Å².